The minimum atomic E-state index is -4.87. The number of hydrogen-bond acceptors (Lipinski definition) is 5. The highest BCUT2D eigenvalue weighted by Gasteiger charge is 2.19. The van der Waals surface area contributed by atoms with E-state index in [-0.39, 0.29) is 17.8 Å². The van der Waals surface area contributed by atoms with E-state index in [9.17, 15) is 17.1 Å². The molecule has 0 aliphatic carbocycles. The highest BCUT2D eigenvalue weighted by Crippen LogP contribution is 2.24. The fourth-order valence-corrected chi connectivity index (χ4v) is 2.39. The molecule has 21 heavy (non-hydrogen) atoms. The Balaban J connectivity index is 2.91. The number of alkyl carbamates (subject to hydrolysis) is 1. The lowest BCUT2D eigenvalue weighted by Crippen LogP contribution is -2.32. The summed E-state index contributed by atoms with van der Waals surface area (Å²) in [4.78, 5) is 11.0. The summed E-state index contributed by atoms with van der Waals surface area (Å²) in [5, 5.41) is 2.45. The van der Waals surface area contributed by atoms with E-state index in [1.54, 1.807) is 20.8 Å². The van der Waals surface area contributed by atoms with Crippen LogP contribution in [0.2, 0.25) is 0 Å². The van der Waals surface area contributed by atoms with Gasteiger partial charge < -0.3 is 15.8 Å². The first-order valence-corrected chi connectivity index (χ1v) is 7.59. The number of nitrogen functional groups attached to an aromatic ring is 1. The molecule has 0 aromatic heterocycles. The molecule has 0 spiro atoms. The summed E-state index contributed by atoms with van der Waals surface area (Å²) in [5.41, 5.74) is 5.64. The number of nitrogens with two attached hydrogens (primary N) is 1. The van der Waals surface area contributed by atoms with Crippen LogP contribution in [0, 0.1) is 6.92 Å². The summed E-state index contributed by atoms with van der Waals surface area (Å²) in [5.74, 6) is 0. The molecule has 6 nitrogen and oxygen atoms in total. The van der Waals surface area contributed by atoms with Gasteiger partial charge in [-0.05, 0) is 51.0 Å². The van der Waals surface area contributed by atoms with Gasteiger partial charge in [-0.15, -0.1) is 3.89 Å². The highest BCUT2D eigenvalue weighted by molar-refractivity contribution is 7.86. The average Bonchev–Trinajstić information content (AvgIpc) is 2.26. The molecule has 0 heterocycles. The standard InChI is InChI=1S/C13H19FN2O4S/c1-8-10(15)5-9(6-11(8)21(14,18)19)7-16-12(17)20-13(2,3)4/h5-6H,7,15H2,1-4H3,(H,16,17). The van der Waals surface area contributed by atoms with Gasteiger partial charge in [0.25, 0.3) is 0 Å². The van der Waals surface area contributed by atoms with Crippen LogP contribution in [0.25, 0.3) is 0 Å². The SMILES string of the molecule is Cc1c(N)cc(CNC(=O)OC(C)(C)C)cc1S(=O)(=O)F. The average molecular weight is 318 g/mol. The number of ether oxygens (including phenoxy) is 1. The molecule has 0 aliphatic rings. The van der Waals surface area contributed by atoms with Crippen LogP contribution in [-0.4, -0.2) is 20.1 Å². The molecule has 0 bridgehead atoms. The fourth-order valence-electron chi connectivity index (χ4n) is 1.61. The van der Waals surface area contributed by atoms with Crippen molar-refractivity contribution in [2.24, 2.45) is 0 Å². The second-order valence-corrected chi connectivity index (χ2v) is 6.92. The second-order valence-electron chi connectivity index (χ2n) is 5.60. The van der Waals surface area contributed by atoms with Crippen LogP contribution in [0.4, 0.5) is 14.4 Å². The van der Waals surface area contributed by atoms with Crippen molar-refractivity contribution in [3.63, 3.8) is 0 Å². The molecule has 1 aromatic carbocycles. The molecular weight excluding hydrogens is 299 g/mol. The predicted molar refractivity (Wildman–Crippen MR) is 77.0 cm³/mol. The van der Waals surface area contributed by atoms with Gasteiger partial charge in [0.2, 0.25) is 0 Å². The minimum Gasteiger partial charge on any atom is -0.444 e. The number of carbonyl (C=O) groups excluding carboxylic acids is 1. The molecule has 3 N–H and O–H groups in total. The van der Waals surface area contributed by atoms with Crippen molar-refractivity contribution in [1.82, 2.24) is 5.32 Å². The molecule has 0 radical (unpaired) electrons. The van der Waals surface area contributed by atoms with Crippen molar-refractivity contribution in [1.29, 1.82) is 0 Å². The molecule has 0 aliphatic heterocycles. The van der Waals surface area contributed by atoms with Crippen LogP contribution in [0.5, 0.6) is 0 Å². The van der Waals surface area contributed by atoms with Crippen LogP contribution in [0.15, 0.2) is 17.0 Å². The Morgan fingerprint density at radius 2 is 1.95 bits per heavy atom. The molecule has 0 saturated carbocycles. The Morgan fingerprint density at radius 1 is 1.38 bits per heavy atom. The first-order chi connectivity index (χ1) is 9.40. The van der Waals surface area contributed by atoms with Gasteiger partial charge in [-0.25, -0.2) is 4.79 Å². The van der Waals surface area contributed by atoms with E-state index in [1.165, 1.54) is 13.0 Å². The third-order valence-corrected chi connectivity index (χ3v) is 3.51. The monoisotopic (exact) mass is 318 g/mol. The maximum absolute atomic E-state index is 13.2. The lowest BCUT2D eigenvalue weighted by molar-refractivity contribution is 0.0523. The summed E-state index contributed by atoms with van der Waals surface area (Å²) in [7, 11) is -4.87. The van der Waals surface area contributed by atoms with Crippen molar-refractivity contribution in [3.8, 4) is 0 Å². The van der Waals surface area contributed by atoms with E-state index in [0.717, 1.165) is 6.07 Å². The predicted octanol–water partition coefficient (Wildman–Crippen LogP) is 2.26. The molecule has 0 unspecified atom stereocenters. The third kappa shape index (κ3) is 5.22. The van der Waals surface area contributed by atoms with E-state index in [4.69, 9.17) is 10.5 Å². The Hall–Kier alpha value is -1.83. The second kappa shape index (κ2) is 5.88. The van der Waals surface area contributed by atoms with Crippen molar-refractivity contribution in [3.05, 3.63) is 23.3 Å². The Bertz CT molecular complexity index is 651. The zero-order valence-electron chi connectivity index (χ0n) is 12.4. The Labute approximate surface area is 123 Å². The van der Waals surface area contributed by atoms with Gasteiger partial charge in [0.05, 0.1) is 0 Å². The van der Waals surface area contributed by atoms with Crippen LogP contribution in [0.3, 0.4) is 0 Å². The molecule has 1 rings (SSSR count). The zero-order chi connectivity index (χ0) is 16.4. The first-order valence-electron chi connectivity index (χ1n) is 6.20. The minimum absolute atomic E-state index is 0.0259. The van der Waals surface area contributed by atoms with E-state index in [0.29, 0.717) is 5.56 Å². The smallest absolute Gasteiger partial charge is 0.407 e. The lowest BCUT2D eigenvalue weighted by atomic mass is 10.1. The maximum atomic E-state index is 13.2. The highest BCUT2D eigenvalue weighted by atomic mass is 32.3. The van der Waals surface area contributed by atoms with Crippen LogP contribution < -0.4 is 11.1 Å². The summed E-state index contributed by atoms with van der Waals surface area (Å²) >= 11 is 0. The number of anilines is 1. The number of hydrogen-bond donors (Lipinski definition) is 2. The number of rotatable bonds is 3. The number of amides is 1. The Morgan fingerprint density at radius 3 is 2.43 bits per heavy atom. The molecular formula is C13H19FN2O4S. The van der Waals surface area contributed by atoms with Gasteiger partial charge in [-0.1, -0.05) is 0 Å². The first kappa shape index (κ1) is 17.2. The summed E-state index contributed by atoms with van der Waals surface area (Å²) < 4.78 is 40.3. The topological polar surface area (TPSA) is 98.5 Å². The van der Waals surface area contributed by atoms with Gasteiger partial charge >= 0.3 is 16.3 Å². The van der Waals surface area contributed by atoms with Gasteiger partial charge in [-0.2, -0.15) is 8.42 Å². The van der Waals surface area contributed by atoms with Gasteiger partial charge in [-0.3, -0.25) is 0 Å². The van der Waals surface area contributed by atoms with Crippen molar-refractivity contribution in [2.45, 2.75) is 44.7 Å². The number of nitrogens with one attached hydrogen (secondary N) is 1. The number of carbonyl (C=O) groups is 1. The van der Waals surface area contributed by atoms with Gasteiger partial charge in [0.15, 0.2) is 0 Å². The maximum Gasteiger partial charge on any atom is 0.407 e. The van der Waals surface area contributed by atoms with Crippen molar-refractivity contribution in [2.75, 3.05) is 5.73 Å². The molecule has 1 aromatic rings. The number of benzene rings is 1. The molecule has 118 valence electrons. The molecule has 0 atom stereocenters. The van der Waals surface area contributed by atoms with E-state index >= 15 is 0 Å². The molecule has 0 saturated heterocycles. The van der Waals surface area contributed by atoms with Crippen LogP contribution >= 0.6 is 0 Å². The lowest BCUT2D eigenvalue weighted by Gasteiger charge is -2.19. The summed E-state index contributed by atoms with van der Waals surface area (Å²) in [6.07, 6.45) is -0.661. The van der Waals surface area contributed by atoms with Gasteiger partial charge in [0, 0.05) is 12.2 Å². The quantitative estimate of drug-likeness (QED) is 0.658. The van der Waals surface area contributed by atoms with E-state index in [1.807, 2.05) is 0 Å². The van der Waals surface area contributed by atoms with Crippen LogP contribution in [-0.2, 0) is 21.5 Å². The summed E-state index contributed by atoms with van der Waals surface area (Å²) in [6, 6.07) is 2.61. The molecule has 1 amide bonds. The molecule has 0 fully saturated rings. The fraction of sp³-hybridized carbons (Fsp3) is 0.462. The van der Waals surface area contributed by atoms with Crippen molar-refractivity contribution < 1.29 is 21.8 Å². The van der Waals surface area contributed by atoms with Crippen molar-refractivity contribution >= 4 is 22.0 Å². The van der Waals surface area contributed by atoms with E-state index in [2.05, 4.69) is 5.32 Å². The van der Waals surface area contributed by atoms with E-state index < -0.39 is 26.8 Å². The van der Waals surface area contributed by atoms with Crippen LogP contribution in [0.1, 0.15) is 31.9 Å². The third-order valence-electron chi connectivity index (χ3n) is 2.56. The zero-order valence-corrected chi connectivity index (χ0v) is 13.2. The Kier molecular flexibility index (Phi) is 4.83. The molecule has 8 heteroatoms. The van der Waals surface area contributed by atoms with Gasteiger partial charge in [0.1, 0.15) is 10.5 Å². The normalized spacial score (nSPS) is 12.0. The summed E-state index contributed by atoms with van der Waals surface area (Å²) in [6.45, 7) is 6.52. The number of halogens is 1. The largest absolute Gasteiger partial charge is 0.444 e.